The number of nitrogens with one attached hydrogen (secondary N) is 3. The molecule has 0 saturated carbocycles. The van der Waals surface area contributed by atoms with Crippen LogP contribution in [0.25, 0.3) is 4.91 Å². The van der Waals surface area contributed by atoms with Crippen molar-refractivity contribution in [1.29, 1.82) is 0 Å². The number of allylic oxidation sites excluding steroid dienone is 4. The third kappa shape index (κ3) is 11.4. The number of aliphatic hydroxyl groups is 1. The van der Waals surface area contributed by atoms with Crippen molar-refractivity contribution in [2.24, 2.45) is 4.99 Å². The van der Waals surface area contributed by atoms with Crippen LogP contribution in [0, 0.1) is 0 Å². The second kappa shape index (κ2) is 19.7. The van der Waals surface area contributed by atoms with Crippen molar-refractivity contribution in [2.75, 3.05) is 38.5 Å². The van der Waals surface area contributed by atoms with Gasteiger partial charge in [-0.3, -0.25) is 0 Å². The quantitative estimate of drug-likeness (QED) is 0.0920. The van der Waals surface area contributed by atoms with Gasteiger partial charge < -0.3 is 30.5 Å². The number of ether oxygens (including phenoxy) is 2. The number of hydrogen-bond acceptors (Lipinski definition) is 9. The number of thioether (sulfide) groups is 1. The SMILES string of the molecule is CCC(C)=C(CO)SC(=C(C)CC)c1cnc(NC(=C/C(NCc2ccc(OC)cc2OC)=C(\C)CC)/N=C(\C)C(F)F)cc1NC. The van der Waals surface area contributed by atoms with Gasteiger partial charge in [-0.05, 0) is 59.1 Å². The average Bonchev–Trinajstić information content (AvgIpc) is 3.09. The van der Waals surface area contributed by atoms with Crippen LogP contribution < -0.4 is 25.4 Å². The maximum atomic E-state index is 13.7. The molecule has 1 heterocycles. The molecule has 0 unspecified atom stereocenters. The van der Waals surface area contributed by atoms with Crippen LogP contribution >= 0.6 is 11.8 Å². The number of aromatic nitrogens is 1. The molecule has 0 atom stereocenters. The summed E-state index contributed by atoms with van der Waals surface area (Å²) in [5.74, 6) is 1.99. The van der Waals surface area contributed by atoms with Crippen molar-refractivity contribution in [3.8, 4) is 11.5 Å². The molecule has 0 bridgehead atoms. The van der Waals surface area contributed by atoms with Crippen LogP contribution in [-0.2, 0) is 6.54 Å². The van der Waals surface area contributed by atoms with E-state index >= 15 is 0 Å². The topological polar surface area (TPSA) is 100 Å². The molecule has 0 saturated heterocycles. The number of rotatable bonds is 18. The second-order valence-electron chi connectivity index (χ2n) is 10.9. The van der Waals surface area contributed by atoms with Gasteiger partial charge in [0, 0.05) is 70.3 Å². The van der Waals surface area contributed by atoms with Crippen molar-refractivity contribution in [1.82, 2.24) is 10.3 Å². The molecule has 0 spiro atoms. The Kier molecular flexibility index (Phi) is 16.5. The van der Waals surface area contributed by atoms with Crippen molar-refractivity contribution >= 4 is 33.9 Å². The summed E-state index contributed by atoms with van der Waals surface area (Å²) in [5, 5.41) is 20.0. The van der Waals surface area contributed by atoms with Crippen LogP contribution in [0.2, 0.25) is 0 Å². The van der Waals surface area contributed by atoms with Gasteiger partial charge in [0.15, 0.2) is 0 Å². The molecule has 1 aromatic carbocycles. The molecular weight excluding hydrogens is 620 g/mol. The number of methoxy groups -OCH3 is 2. The fourth-order valence-corrected chi connectivity index (χ4v) is 5.55. The van der Waals surface area contributed by atoms with E-state index in [0.29, 0.717) is 23.9 Å². The molecule has 4 N–H and O–H groups in total. The smallest absolute Gasteiger partial charge is 0.276 e. The fraction of sp³-hybridized carbons (Fsp3) is 0.444. The zero-order valence-electron chi connectivity index (χ0n) is 29.4. The highest BCUT2D eigenvalue weighted by atomic mass is 32.2. The first-order valence-corrected chi connectivity index (χ1v) is 16.6. The van der Waals surface area contributed by atoms with E-state index in [4.69, 9.17) is 9.47 Å². The monoisotopic (exact) mass is 671 g/mol. The Hall–Kier alpha value is -3.83. The summed E-state index contributed by atoms with van der Waals surface area (Å²) >= 11 is 1.55. The lowest BCUT2D eigenvalue weighted by molar-refractivity contribution is 0.225. The van der Waals surface area contributed by atoms with Crippen LogP contribution in [0.5, 0.6) is 11.5 Å². The molecule has 0 radical (unpaired) electrons. The predicted octanol–water partition coefficient (Wildman–Crippen LogP) is 9.14. The van der Waals surface area contributed by atoms with Crippen LogP contribution in [-0.4, -0.2) is 50.1 Å². The zero-order valence-corrected chi connectivity index (χ0v) is 30.2. The first-order chi connectivity index (χ1) is 22.5. The Labute approximate surface area is 283 Å². The van der Waals surface area contributed by atoms with Crippen molar-refractivity contribution < 1.29 is 23.4 Å². The molecule has 0 aliphatic heterocycles. The number of aliphatic imine (C=N–C) groups is 1. The molecular formula is C36H51F2N5O3S. The highest BCUT2D eigenvalue weighted by Crippen LogP contribution is 2.41. The first kappa shape index (κ1) is 39.3. The van der Waals surface area contributed by atoms with E-state index in [9.17, 15) is 13.9 Å². The molecule has 2 rings (SSSR count). The first-order valence-electron chi connectivity index (χ1n) is 15.8. The van der Waals surface area contributed by atoms with Crippen molar-refractivity contribution in [3.05, 3.63) is 80.8 Å². The maximum Gasteiger partial charge on any atom is 0.276 e. The van der Waals surface area contributed by atoms with Gasteiger partial charge in [-0.25, -0.2) is 18.8 Å². The average molecular weight is 672 g/mol. The highest BCUT2D eigenvalue weighted by molar-refractivity contribution is 8.11. The van der Waals surface area contributed by atoms with Crippen LogP contribution in [0.15, 0.2) is 74.7 Å². The summed E-state index contributed by atoms with van der Waals surface area (Å²) in [6.45, 7) is 13.9. The number of anilines is 2. The van der Waals surface area contributed by atoms with E-state index in [1.165, 1.54) is 6.92 Å². The fourth-order valence-electron chi connectivity index (χ4n) is 4.33. The number of pyridine rings is 1. The molecule has 0 amide bonds. The Morgan fingerprint density at radius 3 is 2.23 bits per heavy atom. The van der Waals surface area contributed by atoms with E-state index in [2.05, 4.69) is 46.7 Å². The van der Waals surface area contributed by atoms with E-state index in [1.54, 1.807) is 38.3 Å². The lowest BCUT2D eigenvalue weighted by atomic mass is 10.1. The Morgan fingerprint density at radius 1 is 1.00 bits per heavy atom. The number of alkyl halides is 2. The van der Waals surface area contributed by atoms with Gasteiger partial charge in [-0.2, -0.15) is 0 Å². The second-order valence-corrected chi connectivity index (χ2v) is 12.0. The third-order valence-electron chi connectivity index (χ3n) is 7.81. The highest BCUT2D eigenvalue weighted by Gasteiger charge is 2.17. The van der Waals surface area contributed by atoms with Gasteiger partial charge in [-0.15, -0.1) is 0 Å². The van der Waals surface area contributed by atoms with Gasteiger partial charge in [0.2, 0.25) is 0 Å². The van der Waals surface area contributed by atoms with E-state index in [0.717, 1.165) is 68.3 Å². The molecule has 1 aromatic heterocycles. The minimum absolute atomic E-state index is 0.0469. The number of nitrogens with zero attached hydrogens (tertiary/aromatic N) is 2. The molecule has 8 nitrogen and oxygen atoms in total. The number of hydrogen-bond donors (Lipinski definition) is 4. The summed E-state index contributed by atoms with van der Waals surface area (Å²) < 4.78 is 38.3. The summed E-state index contributed by atoms with van der Waals surface area (Å²) in [7, 11) is 5.02. The van der Waals surface area contributed by atoms with Gasteiger partial charge in [0.05, 0.1) is 26.5 Å². The van der Waals surface area contributed by atoms with Gasteiger partial charge in [0.1, 0.15) is 23.1 Å². The number of halogens is 2. The summed E-state index contributed by atoms with van der Waals surface area (Å²) in [6.07, 6.45) is 3.16. The van der Waals surface area contributed by atoms with Gasteiger partial charge >= 0.3 is 0 Å². The summed E-state index contributed by atoms with van der Waals surface area (Å²) in [4.78, 5) is 10.9. The van der Waals surface area contributed by atoms with Crippen molar-refractivity contribution in [3.63, 3.8) is 0 Å². The van der Waals surface area contributed by atoms with Gasteiger partial charge in [0.25, 0.3) is 6.43 Å². The molecule has 2 aromatic rings. The minimum atomic E-state index is -2.72. The maximum absolute atomic E-state index is 13.7. The van der Waals surface area contributed by atoms with Gasteiger partial charge in [-0.1, -0.05) is 49.3 Å². The number of aliphatic hydroxyl groups excluding tert-OH is 1. The zero-order chi connectivity index (χ0) is 35.1. The molecule has 0 aliphatic rings. The van der Waals surface area contributed by atoms with E-state index < -0.39 is 6.43 Å². The molecule has 0 fully saturated rings. The standard InChI is InChI=1S/C36H51F2N5O3S/c1-11-22(4)29(40-19-26-14-15-27(45-9)16-31(26)46-10)17-34(42-25(7)36(37)38)43-33-18-30(39-8)28(20-41-33)35(24(6)13-3)47-32(21-44)23(5)12-2/h14-18,20,36,40,44H,11-13,19,21H2,1-10H3,(H2,39,41,43)/b29-22-,32-23?,34-17+,35-24?,42-25+. The summed E-state index contributed by atoms with van der Waals surface area (Å²) in [5.41, 5.74) is 6.29. The lowest BCUT2D eigenvalue weighted by Crippen LogP contribution is -2.16. The predicted molar refractivity (Wildman–Crippen MR) is 195 cm³/mol. The van der Waals surface area contributed by atoms with Crippen LogP contribution in [0.1, 0.15) is 78.9 Å². The van der Waals surface area contributed by atoms with E-state index in [-0.39, 0.29) is 18.1 Å². The molecule has 11 heteroatoms. The Morgan fingerprint density at radius 2 is 1.68 bits per heavy atom. The number of benzene rings is 1. The lowest BCUT2D eigenvalue weighted by Gasteiger charge is -2.19. The van der Waals surface area contributed by atoms with Crippen LogP contribution in [0.4, 0.5) is 20.3 Å². The molecule has 47 heavy (non-hydrogen) atoms. The Balaban J connectivity index is 2.59. The van der Waals surface area contributed by atoms with Crippen molar-refractivity contribution in [2.45, 2.75) is 80.7 Å². The summed E-state index contributed by atoms with van der Waals surface area (Å²) in [6, 6.07) is 7.42. The van der Waals surface area contributed by atoms with Crippen LogP contribution in [0.3, 0.4) is 0 Å². The largest absolute Gasteiger partial charge is 0.497 e. The third-order valence-corrected chi connectivity index (χ3v) is 9.31. The minimum Gasteiger partial charge on any atom is -0.497 e. The Bertz CT molecular complexity index is 1520. The molecule has 258 valence electrons. The van der Waals surface area contributed by atoms with E-state index in [1.807, 2.05) is 52.1 Å². The molecule has 0 aliphatic carbocycles. The normalized spacial score (nSPS) is 13.9.